The molecule has 0 radical (unpaired) electrons. The fraction of sp³-hybridized carbons (Fsp3) is 0.350. The molecule has 1 aromatic heterocycles. The lowest BCUT2D eigenvalue weighted by Crippen LogP contribution is -2.22. The Balaban J connectivity index is 2.32. The molecule has 2 amide bonds. The largest absolute Gasteiger partial charge is 0.442 e. The molecule has 1 N–H and O–H groups in total. The zero-order chi connectivity index (χ0) is 24.5. The van der Waals surface area contributed by atoms with Gasteiger partial charge in [0, 0.05) is 18.1 Å². The van der Waals surface area contributed by atoms with Crippen molar-refractivity contribution in [1.29, 1.82) is 0 Å². The first-order valence-electron chi connectivity index (χ1n) is 9.09. The van der Waals surface area contributed by atoms with Crippen LogP contribution in [0.15, 0.2) is 39.9 Å². The zero-order valence-corrected chi connectivity index (χ0v) is 18.7. The maximum absolute atomic E-state index is 14.2. The van der Waals surface area contributed by atoms with E-state index in [1.54, 1.807) is 20.8 Å². The van der Waals surface area contributed by atoms with E-state index < -0.39 is 50.5 Å². The summed E-state index contributed by atoms with van der Waals surface area (Å²) in [5.74, 6) is -2.38. The predicted molar refractivity (Wildman–Crippen MR) is 109 cm³/mol. The molecular weight excluding hydrogens is 454 g/mol. The highest BCUT2D eigenvalue weighted by Gasteiger charge is 2.34. The number of hydrogen-bond donors (Lipinski definition) is 1. The summed E-state index contributed by atoms with van der Waals surface area (Å²) in [5, 5.41) is 2.14. The van der Waals surface area contributed by atoms with Gasteiger partial charge in [0.25, 0.3) is 5.91 Å². The number of aromatic nitrogens is 1. The van der Waals surface area contributed by atoms with Gasteiger partial charge >= 0.3 is 12.3 Å². The lowest BCUT2D eigenvalue weighted by atomic mass is 10.0. The highest BCUT2D eigenvalue weighted by molar-refractivity contribution is 7.93. The minimum atomic E-state index is -4.76. The van der Waals surface area contributed by atoms with E-state index in [1.807, 2.05) is 0 Å². The molecule has 174 valence electrons. The van der Waals surface area contributed by atoms with Gasteiger partial charge in [-0.25, -0.2) is 18.4 Å². The molecule has 0 aliphatic carbocycles. The van der Waals surface area contributed by atoms with Crippen LogP contribution in [0.25, 0.3) is 0 Å². The highest BCUT2D eigenvalue weighted by atomic mass is 32.2. The molecule has 0 saturated carbocycles. The lowest BCUT2D eigenvalue weighted by Gasteiger charge is -2.17. The van der Waals surface area contributed by atoms with Crippen LogP contribution in [0.3, 0.4) is 0 Å². The van der Waals surface area contributed by atoms with Crippen LogP contribution < -0.4 is 5.32 Å². The second-order valence-corrected chi connectivity index (χ2v) is 10.1. The van der Waals surface area contributed by atoms with Gasteiger partial charge in [-0.1, -0.05) is 0 Å². The maximum Gasteiger partial charge on any atom is 0.442 e. The molecule has 1 atom stereocenters. The first-order chi connectivity index (χ1) is 14.5. The number of halogens is 4. The van der Waals surface area contributed by atoms with Crippen LogP contribution in [0.5, 0.6) is 0 Å². The molecule has 0 aliphatic rings. The van der Waals surface area contributed by atoms with Gasteiger partial charge in [-0.05, 0) is 57.5 Å². The van der Waals surface area contributed by atoms with Crippen LogP contribution in [-0.2, 0) is 20.6 Å². The van der Waals surface area contributed by atoms with Crippen LogP contribution >= 0.6 is 0 Å². The van der Waals surface area contributed by atoms with Crippen LogP contribution in [0.2, 0.25) is 0 Å². The van der Waals surface area contributed by atoms with Gasteiger partial charge in [0.1, 0.15) is 26.2 Å². The van der Waals surface area contributed by atoms with Crippen molar-refractivity contribution in [3.63, 3.8) is 0 Å². The molecule has 32 heavy (non-hydrogen) atoms. The number of benzene rings is 1. The third-order valence-corrected chi connectivity index (χ3v) is 5.38. The van der Waals surface area contributed by atoms with E-state index in [0.717, 1.165) is 25.3 Å². The summed E-state index contributed by atoms with van der Waals surface area (Å²) >= 11 is 0. The van der Waals surface area contributed by atoms with Crippen LogP contribution in [-0.4, -0.2) is 33.1 Å². The number of aryl methyl sites for hydroxylation is 1. The van der Waals surface area contributed by atoms with Crippen molar-refractivity contribution >= 4 is 27.4 Å². The number of nitrogens with one attached hydrogen (secondary N) is 1. The van der Waals surface area contributed by atoms with Crippen molar-refractivity contribution in [1.82, 2.24) is 4.98 Å². The topological polar surface area (TPSA) is 97.7 Å². The molecule has 0 fully saturated rings. The molecular formula is C20H21F4N3O4S. The summed E-state index contributed by atoms with van der Waals surface area (Å²) in [4.78, 5) is 28.2. The Kier molecular flexibility index (Phi) is 6.98. The van der Waals surface area contributed by atoms with Crippen molar-refractivity contribution in [3.8, 4) is 0 Å². The van der Waals surface area contributed by atoms with Gasteiger partial charge in [-0.2, -0.15) is 13.2 Å². The van der Waals surface area contributed by atoms with E-state index in [4.69, 9.17) is 4.74 Å². The van der Waals surface area contributed by atoms with Gasteiger partial charge < -0.3 is 10.1 Å². The molecule has 0 saturated heterocycles. The summed E-state index contributed by atoms with van der Waals surface area (Å²) in [5.41, 5.74) is -2.96. The van der Waals surface area contributed by atoms with Crippen molar-refractivity contribution in [3.05, 3.63) is 53.0 Å². The van der Waals surface area contributed by atoms with Crippen molar-refractivity contribution < 1.29 is 36.1 Å². The Morgan fingerprint density at radius 2 is 1.78 bits per heavy atom. The van der Waals surface area contributed by atoms with Gasteiger partial charge in [0.15, 0.2) is 0 Å². The van der Waals surface area contributed by atoms with E-state index in [1.165, 1.54) is 12.3 Å². The van der Waals surface area contributed by atoms with Crippen LogP contribution in [0, 0.1) is 12.7 Å². The first kappa shape index (κ1) is 25.2. The Labute approximate surface area is 182 Å². The maximum atomic E-state index is 14.2. The summed E-state index contributed by atoms with van der Waals surface area (Å²) in [6, 6.07) is 3.49. The highest BCUT2D eigenvalue weighted by Crippen LogP contribution is 2.33. The minimum Gasteiger partial charge on any atom is -0.442 e. The molecule has 12 heteroatoms. The molecule has 1 aromatic carbocycles. The number of rotatable bonds is 3. The normalized spacial score (nSPS) is 13.8. The van der Waals surface area contributed by atoms with Gasteiger partial charge in [0.05, 0.1) is 11.1 Å². The number of pyridine rings is 1. The van der Waals surface area contributed by atoms with E-state index in [9.17, 15) is 31.4 Å². The number of nitrogens with zero attached hydrogens (tertiary/aromatic N) is 2. The number of carbonyl (C=O) groups excluding carboxylic acids is 2. The monoisotopic (exact) mass is 475 g/mol. The second-order valence-electron chi connectivity index (χ2n) is 7.86. The minimum absolute atomic E-state index is 0.0194. The number of carbonyl (C=O) groups is 2. The summed E-state index contributed by atoms with van der Waals surface area (Å²) in [7, 11) is -3.35. The second kappa shape index (κ2) is 8.85. The predicted octanol–water partition coefficient (Wildman–Crippen LogP) is 5.19. The fourth-order valence-electron chi connectivity index (χ4n) is 2.52. The van der Waals surface area contributed by atoms with E-state index in [-0.39, 0.29) is 22.3 Å². The van der Waals surface area contributed by atoms with Crippen LogP contribution in [0.1, 0.15) is 42.3 Å². The molecule has 2 aromatic rings. The van der Waals surface area contributed by atoms with Gasteiger partial charge in [-0.15, -0.1) is 4.36 Å². The molecule has 0 aliphatic heterocycles. The summed E-state index contributed by atoms with van der Waals surface area (Å²) < 4.78 is 74.2. The Morgan fingerprint density at radius 1 is 1.16 bits per heavy atom. The van der Waals surface area contributed by atoms with Crippen LogP contribution in [0.4, 0.5) is 28.0 Å². The first-order valence-corrected chi connectivity index (χ1v) is 11.0. The average Bonchev–Trinajstić information content (AvgIpc) is 2.60. The van der Waals surface area contributed by atoms with E-state index in [2.05, 4.69) is 14.7 Å². The summed E-state index contributed by atoms with van der Waals surface area (Å²) in [6.07, 6.45) is -3.51. The molecule has 2 rings (SSSR count). The number of hydrogen-bond acceptors (Lipinski definition) is 5. The zero-order valence-electron chi connectivity index (χ0n) is 17.8. The van der Waals surface area contributed by atoms with Crippen molar-refractivity contribution in [2.24, 2.45) is 4.36 Å². The van der Waals surface area contributed by atoms with Crippen molar-refractivity contribution in [2.45, 2.75) is 44.5 Å². The van der Waals surface area contributed by atoms with Gasteiger partial charge in [0.2, 0.25) is 0 Å². The lowest BCUT2D eigenvalue weighted by molar-refractivity contribution is -0.138. The third-order valence-electron chi connectivity index (χ3n) is 3.89. The Hall–Kier alpha value is -3.02. The quantitative estimate of drug-likeness (QED) is 0.616. The molecule has 1 unspecified atom stereocenters. The number of anilines is 1. The van der Waals surface area contributed by atoms with E-state index in [0.29, 0.717) is 0 Å². The van der Waals surface area contributed by atoms with Gasteiger partial charge in [-0.3, -0.25) is 4.79 Å². The fourth-order valence-corrected chi connectivity index (χ4v) is 3.54. The number of alkyl halides is 3. The standard InChI is InChI=1S/C20H21F4N3O4S/c1-11-8-13(15(21)10-14(11)20(22,23)24)17(28)26-12-6-7-25-16(9-12)32(5,30)27-18(29)31-19(2,3)4/h6-10H,1-5H3,(H,25,26,28). The molecule has 7 nitrogen and oxygen atoms in total. The number of amides is 2. The summed E-state index contributed by atoms with van der Waals surface area (Å²) in [6.45, 7) is 5.92. The molecule has 0 spiro atoms. The smallest absolute Gasteiger partial charge is 0.442 e. The third kappa shape index (κ3) is 6.49. The Bertz CT molecular complexity index is 1180. The SMILES string of the molecule is Cc1cc(C(=O)Nc2ccnc(S(C)(=O)=NC(=O)OC(C)(C)C)c2)c(F)cc1C(F)(F)F. The molecule has 0 bridgehead atoms. The van der Waals surface area contributed by atoms with Crippen molar-refractivity contribution in [2.75, 3.05) is 11.6 Å². The Morgan fingerprint density at radius 3 is 2.34 bits per heavy atom. The average molecular weight is 475 g/mol. The molecule has 1 heterocycles. The number of ether oxygens (including phenoxy) is 1. The van der Waals surface area contributed by atoms with E-state index >= 15 is 0 Å².